The standard InChI is InChI=1S/C28H38O2/c1-3-4-9-21-10-5-6-12-23(18-21)26-17-15-22-11-7-8-13-25(22)28(26)30-24-16-14-20(2)27(29)19-24/h7-8,11,13-14,16,19,21,23,26,28-29H,3-6,9-10,12,15,17-18H2,1-2H3. The molecule has 0 amide bonds. The van der Waals surface area contributed by atoms with Crippen molar-refractivity contribution in [1.82, 2.24) is 0 Å². The summed E-state index contributed by atoms with van der Waals surface area (Å²) in [6.45, 7) is 4.24. The van der Waals surface area contributed by atoms with Crippen LogP contribution >= 0.6 is 0 Å². The molecule has 4 unspecified atom stereocenters. The van der Waals surface area contributed by atoms with Gasteiger partial charge in [0.05, 0.1) is 0 Å². The van der Waals surface area contributed by atoms with E-state index in [1.165, 1.54) is 68.9 Å². The first-order valence-corrected chi connectivity index (χ1v) is 12.2. The van der Waals surface area contributed by atoms with Gasteiger partial charge in [-0.05, 0) is 60.8 Å². The van der Waals surface area contributed by atoms with Crippen LogP contribution in [0.15, 0.2) is 42.5 Å². The van der Waals surface area contributed by atoms with E-state index in [1.54, 1.807) is 6.07 Å². The Bertz CT molecular complexity index is 827. The van der Waals surface area contributed by atoms with Gasteiger partial charge in [0.2, 0.25) is 0 Å². The Morgan fingerprint density at radius 2 is 1.87 bits per heavy atom. The lowest BCUT2D eigenvalue weighted by Gasteiger charge is -2.39. The normalized spacial score (nSPS) is 26.6. The molecule has 0 bridgehead atoms. The van der Waals surface area contributed by atoms with Gasteiger partial charge in [0.15, 0.2) is 0 Å². The van der Waals surface area contributed by atoms with Gasteiger partial charge in [0.1, 0.15) is 17.6 Å². The number of aryl methyl sites for hydroxylation is 2. The van der Waals surface area contributed by atoms with Gasteiger partial charge < -0.3 is 9.84 Å². The van der Waals surface area contributed by atoms with Crippen molar-refractivity contribution >= 4 is 0 Å². The second kappa shape index (κ2) is 9.90. The van der Waals surface area contributed by atoms with Crippen LogP contribution in [0.1, 0.15) is 87.5 Å². The number of phenolic OH excluding ortho intramolecular Hbond substituents is 1. The molecule has 2 aromatic rings. The Kier molecular flexibility index (Phi) is 7.02. The van der Waals surface area contributed by atoms with E-state index in [9.17, 15) is 5.11 Å². The predicted molar refractivity (Wildman–Crippen MR) is 124 cm³/mol. The number of fused-ring (bicyclic) bond motifs is 1. The number of unbranched alkanes of at least 4 members (excludes halogenated alkanes) is 1. The SMILES string of the molecule is CCCCC1CCCCC(C2CCc3ccccc3C2Oc2ccc(C)c(O)c2)C1. The molecule has 2 aliphatic rings. The lowest BCUT2D eigenvalue weighted by atomic mass is 9.71. The van der Waals surface area contributed by atoms with Gasteiger partial charge in [-0.3, -0.25) is 0 Å². The highest BCUT2D eigenvalue weighted by molar-refractivity contribution is 5.40. The van der Waals surface area contributed by atoms with E-state index in [1.807, 2.05) is 19.1 Å². The maximum absolute atomic E-state index is 10.2. The molecule has 2 heteroatoms. The van der Waals surface area contributed by atoms with Crippen molar-refractivity contribution in [3.63, 3.8) is 0 Å². The molecule has 1 saturated carbocycles. The maximum atomic E-state index is 10.2. The fourth-order valence-corrected chi connectivity index (χ4v) is 5.83. The molecule has 1 fully saturated rings. The molecule has 1 N–H and O–H groups in total. The van der Waals surface area contributed by atoms with E-state index in [4.69, 9.17) is 4.74 Å². The number of ether oxygens (including phenoxy) is 1. The Hall–Kier alpha value is -1.96. The minimum absolute atomic E-state index is 0.0898. The highest BCUT2D eigenvalue weighted by atomic mass is 16.5. The molecule has 4 rings (SSSR count). The maximum Gasteiger partial charge on any atom is 0.127 e. The topological polar surface area (TPSA) is 29.5 Å². The minimum Gasteiger partial charge on any atom is -0.508 e. The summed E-state index contributed by atoms with van der Waals surface area (Å²) < 4.78 is 6.68. The average molecular weight is 407 g/mol. The first-order chi connectivity index (χ1) is 14.7. The first kappa shape index (κ1) is 21.3. The van der Waals surface area contributed by atoms with Crippen LogP contribution in [0, 0.1) is 24.7 Å². The molecule has 0 radical (unpaired) electrons. The molecule has 0 aromatic heterocycles. The van der Waals surface area contributed by atoms with Crippen LogP contribution in [0.25, 0.3) is 0 Å². The number of hydrogen-bond donors (Lipinski definition) is 1. The Balaban J connectivity index is 1.60. The Morgan fingerprint density at radius 3 is 2.70 bits per heavy atom. The van der Waals surface area contributed by atoms with Crippen molar-refractivity contribution in [3.05, 3.63) is 59.2 Å². The van der Waals surface area contributed by atoms with Crippen molar-refractivity contribution in [2.45, 2.75) is 84.2 Å². The number of rotatable bonds is 6. The molecule has 4 atom stereocenters. The van der Waals surface area contributed by atoms with E-state index < -0.39 is 0 Å². The third kappa shape index (κ3) is 4.85. The van der Waals surface area contributed by atoms with E-state index in [0.29, 0.717) is 11.7 Å². The summed E-state index contributed by atoms with van der Waals surface area (Å²) >= 11 is 0. The largest absolute Gasteiger partial charge is 0.508 e. The zero-order valence-electron chi connectivity index (χ0n) is 18.8. The zero-order valence-corrected chi connectivity index (χ0v) is 18.8. The van der Waals surface area contributed by atoms with Gasteiger partial charge in [-0.1, -0.05) is 82.2 Å². The van der Waals surface area contributed by atoms with Gasteiger partial charge in [-0.25, -0.2) is 0 Å². The van der Waals surface area contributed by atoms with Gasteiger partial charge in [0.25, 0.3) is 0 Å². The van der Waals surface area contributed by atoms with Crippen molar-refractivity contribution in [2.24, 2.45) is 17.8 Å². The summed E-state index contributed by atoms with van der Waals surface area (Å²) in [7, 11) is 0. The fourth-order valence-electron chi connectivity index (χ4n) is 5.83. The van der Waals surface area contributed by atoms with Crippen molar-refractivity contribution < 1.29 is 9.84 Å². The summed E-state index contributed by atoms with van der Waals surface area (Å²) in [5.41, 5.74) is 3.69. The summed E-state index contributed by atoms with van der Waals surface area (Å²) in [6.07, 6.45) is 13.4. The number of hydrogen-bond acceptors (Lipinski definition) is 2. The molecular formula is C28H38O2. The van der Waals surface area contributed by atoms with Crippen LogP contribution < -0.4 is 4.74 Å². The molecule has 0 aliphatic heterocycles. The number of benzene rings is 2. The van der Waals surface area contributed by atoms with Crippen LogP contribution in [0.5, 0.6) is 11.5 Å². The van der Waals surface area contributed by atoms with Gasteiger partial charge in [0, 0.05) is 12.0 Å². The predicted octanol–water partition coefficient (Wildman–Crippen LogP) is 7.77. The lowest BCUT2D eigenvalue weighted by molar-refractivity contribution is 0.0666. The second-order valence-corrected chi connectivity index (χ2v) is 9.68. The molecular weight excluding hydrogens is 368 g/mol. The minimum atomic E-state index is 0.0898. The summed E-state index contributed by atoms with van der Waals surface area (Å²) in [6, 6.07) is 14.6. The zero-order chi connectivity index (χ0) is 20.9. The van der Waals surface area contributed by atoms with Crippen LogP contribution in [0.3, 0.4) is 0 Å². The molecule has 0 heterocycles. The molecule has 0 spiro atoms. The Labute approximate surface area is 182 Å². The summed E-state index contributed by atoms with van der Waals surface area (Å²) in [5, 5.41) is 10.2. The van der Waals surface area contributed by atoms with E-state index in [2.05, 4.69) is 31.2 Å². The summed E-state index contributed by atoms with van der Waals surface area (Å²) in [4.78, 5) is 0. The monoisotopic (exact) mass is 406 g/mol. The van der Waals surface area contributed by atoms with Crippen molar-refractivity contribution in [2.75, 3.05) is 0 Å². The molecule has 30 heavy (non-hydrogen) atoms. The van der Waals surface area contributed by atoms with Crippen molar-refractivity contribution in [3.8, 4) is 11.5 Å². The molecule has 0 saturated heterocycles. The fraction of sp³-hybridized carbons (Fsp3) is 0.571. The molecule has 2 nitrogen and oxygen atoms in total. The quantitative estimate of drug-likeness (QED) is 0.496. The van der Waals surface area contributed by atoms with Gasteiger partial charge >= 0.3 is 0 Å². The van der Waals surface area contributed by atoms with Crippen LogP contribution in [0.4, 0.5) is 0 Å². The van der Waals surface area contributed by atoms with Gasteiger partial charge in [-0.2, -0.15) is 0 Å². The van der Waals surface area contributed by atoms with Crippen LogP contribution in [-0.2, 0) is 6.42 Å². The molecule has 2 aliphatic carbocycles. The van der Waals surface area contributed by atoms with Gasteiger partial charge in [-0.15, -0.1) is 0 Å². The second-order valence-electron chi connectivity index (χ2n) is 9.68. The number of aromatic hydroxyl groups is 1. The third-order valence-electron chi connectivity index (χ3n) is 7.59. The molecule has 2 aromatic carbocycles. The smallest absolute Gasteiger partial charge is 0.127 e. The average Bonchev–Trinajstić information content (AvgIpc) is 3.00. The van der Waals surface area contributed by atoms with Crippen LogP contribution in [0.2, 0.25) is 0 Å². The first-order valence-electron chi connectivity index (χ1n) is 12.2. The van der Waals surface area contributed by atoms with Crippen molar-refractivity contribution in [1.29, 1.82) is 0 Å². The Morgan fingerprint density at radius 1 is 1.03 bits per heavy atom. The third-order valence-corrected chi connectivity index (χ3v) is 7.59. The molecule has 162 valence electrons. The summed E-state index contributed by atoms with van der Waals surface area (Å²) in [5.74, 6) is 3.30. The van der Waals surface area contributed by atoms with E-state index in [0.717, 1.165) is 29.6 Å². The number of phenols is 1. The van der Waals surface area contributed by atoms with E-state index in [-0.39, 0.29) is 6.10 Å². The van der Waals surface area contributed by atoms with E-state index >= 15 is 0 Å². The van der Waals surface area contributed by atoms with Crippen LogP contribution in [-0.4, -0.2) is 5.11 Å². The highest BCUT2D eigenvalue weighted by Crippen LogP contribution is 2.47. The lowest BCUT2D eigenvalue weighted by Crippen LogP contribution is -2.31. The highest BCUT2D eigenvalue weighted by Gasteiger charge is 2.37.